The number of nitrogens with one attached hydrogen (secondary N) is 1. The van der Waals surface area contributed by atoms with E-state index in [1.165, 1.54) is 0 Å². The Balaban J connectivity index is 2.54. The Morgan fingerprint density at radius 2 is 2.33 bits per heavy atom. The van der Waals surface area contributed by atoms with Crippen molar-refractivity contribution in [2.45, 2.75) is 13.8 Å². The summed E-state index contributed by atoms with van der Waals surface area (Å²) in [5.41, 5.74) is 0. The number of rotatable bonds is 4. The van der Waals surface area contributed by atoms with Gasteiger partial charge < -0.3 is 10.1 Å². The highest BCUT2D eigenvalue weighted by molar-refractivity contribution is 9.10. The largest absolute Gasteiger partial charge is 0.465 e. The number of halogens is 1. The molecular formula is C9H12BrN3O2. The zero-order valence-electron chi connectivity index (χ0n) is 8.58. The molecule has 0 spiro atoms. The maximum absolute atomic E-state index is 11.0. The van der Waals surface area contributed by atoms with Crippen LogP contribution in [-0.4, -0.2) is 29.1 Å². The maximum Gasteiger partial charge on any atom is 0.325 e. The molecule has 0 bridgehead atoms. The van der Waals surface area contributed by atoms with Gasteiger partial charge in [0, 0.05) is 6.07 Å². The molecule has 0 radical (unpaired) electrons. The highest BCUT2D eigenvalue weighted by atomic mass is 79.9. The van der Waals surface area contributed by atoms with Gasteiger partial charge in [0.1, 0.15) is 22.8 Å². The monoisotopic (exact) mass is 273 g/mol. The summed E-state index contributed by atoms with van der Waals surface area (Å²) in [6, 6.07) is 1.70. The molecule has 6 heteroatoms. The van der Waals surface area contributed by atoms with Gasteiger partial charge in [-0.1, -0.05) is 0 Å². The molecule has 0 amide bonds. The normalized spacial score (nSPS) is 9.80. The van der Waals surface area contributed by atoms with Gasteiger partial charge in [-0.05, 0) is 29.8 Å². The van der Waals surface area contributed by atoms with E-state index in [-0.39, 0.29) is 12.5 Å². The van der Waals surface area contributed by atoms with Crippen LogP contribution in [0.1, 0.15) is 12.7 Å². The number of nitrogens with zero attached hydrogens (tertiary/aromatic N) is 2. The molecule has 0 atom stereocenters. The number of aryl methyl sites for hydroxylation is 1. The fourth-order valence-electron chi connectivity index (χ4n) is 0.997. The van der Waals surface area contributed by atoms with Gasteiger partial charge in [-0.15, -0.1) is 0 Å². The predicted octanol–water partition coefficient (Wildman–Crippen LogP) is 1.52. The third-order valence-electron chi connectivity index (χ3n) is 1.53. The molecule has 0 aliphatic carbocycles. The quantitative estimate of drug-likeness (QED) is 0.666. The molecule has 1 rings (SSSR count). The van der Waals surface area contributed by atoms with Gasteiger partial charge in [-0.2, -0.15) is 0 Å². The predicted molar refractivity (Wildman–Crippen MR) is 59.6 cm³/mol. The molecule has 1 heterocycles. The van der Waals surface area contributed by atoms with Crippen molar-refractivity contribution in [3.8, 4) is 0 Å². The van der Waals surface area contributed by atoms with Crippen molar-refractivity contribution in [3.05, 3.63) is 16.5 Å². The fraction of sp³-hybridized carbons (Fsp3) is 0.444. The average molecular weight is 274 g/mol. The van der Waals surface area contributed by atoms with Gasteiger partial charge in [0.15, 0.2) is 0 Å². The first-order valence-corrected chi connectivity index (χ1v) is 5.31. The minimum Gasteiger partial charge on any atom is -0.465 e. The van der Waals surface area contributed by atoms with E-state index >= 15 is 0 Å². The molecular weight excluding hydrogens is 262 g/mol. The number of esters is 1. The van der Waals surface area contributed by atoms with Crippen molar-refractivity contribution >= 4 is 27.7 Å². The number of carbonyl (C=O) groups is 1. The lowest BCUT2D eigenvalue weighted by atomic mass is 10.5. The van der Waals surface area contributed by atoms with Gasteiger partial charge >= 0.3 is 5.97 Å². The number of hydrogen-bond acceptors (Lipinski definition) is 5. The first kappa shape index (κ1) is 11.9. The molecule has 82 valence electrons. The molecule has 0 aliphatic heterocycles. The molecule has 1 N–H and O–H groups in total. The summed E-state index contributed by atoms with van der Waals surface area (Å²) in [4.78, 5) is 19.2. The Hall–Kier alpha value is -1.17. The molecule has 15 heavy (non-hydrogen) atoms. The van der Waals surface area contributed by atoms with Crippen molar-refractivity contribution in [1.29, 1.82) is 0 Å². The summed E-state index contributed by atoms with van der Waals surface area (Å²) in [6.45, 7) is 4.04. The number of hydrogen-bond donors (Lipinski definition) is 1. The van der Waals surface area contributed by atoms with Crippen LogP contribution in [-0.2, 0) is 9.53 Å². The lowest BCUT2D eigenvalue weighted by molar-refractivity contribution is -0.140. The smallest absolute Gasteiger partial charge is 0.325 e. The summed E-state index contributed by atoms with van der Waals surface area (Å²) >= 11 is 3.24. The van der Waals surface area contributed by atoms with Crippen LogP contribution in [0.2, 0.25) is 0 Å². The van der Waals surface area contributed by atoms with Crippen molar-refractivity contribution < 1.29 is 9.53 Å². The summed E-state index contributed by atoms with van der Waals surface area (Å²) in [5, 5.41) is 2.86. The van der Waals surface area contributed by atoms with Gasteiger partial charge in [0.05, 0.1) is 6.61 Å². The summed E-state index contributed by atoms with van der Waals surface area (Å²) in [6.07, 6.45) is 0. The van der Waals surface area contributed by atoms with Crippen LogP contribution in [0.15, 0.2) is 10.7 Å². The fourth-order valence-corrected chi connectivity index (χ4v) is 1.47. The van der Waals surface area contributed by atoms with Crippen molar-refractivity contribution in [1.82, 2.24) is 9.97 Å². The molecule has 0 aliphatic rings. The summed E-state index contributed by atoms with van der Waals surface area (Å²) in [5.74, 6) is 0.933. The average Bonchev–Trinajstić information content (AvgIpc) is 2.14. The van der Waals surface area contributed by atoms with Crippen LogP contribution in [0.25, 0.3) is 0 Å². The van der Waals surface area contributed by atoms with E-state index in [2.05, 4.69) is 31.2 Å². The van der Waals surface area contributed by atoms with Gasteiger partial charge in [0.25, 0.3) is 0 Å². The standard InChI is InChI=1S/C9H12BrN3O2/c1-3-15-9(14)5-11-8-4-7(10)12-6(2)13-8/h4H,3,5H2,1-2H3,(H,11,12,13). The molecule has 1 aromatic rings. The van der Waals surface area contributed by atoms with Crippen molar-refractivity contribution in [2.75, 3.05) is 18.5 Å². The minimum absolute atomic E-state index is 0.108. The summed E-state index contributed by atoms with van der Waals surface area (Å²) < 4.78 is 5.45. The van der Waals surface area contributed by atoms with Crippen LogP contribution in [0, 0.1) is 6.92 Å². The zero-order valence-corrected chi connectivity index (χ0v) is 10.2. The maximum atomic E-state index is 11.0. The van der Waals surface area contributed by atoms with E-state index in [0.29, 0.717) is 22.9 Å². The molecule has 0 fully saturated rings. The third-order valence-corrected chi connectivity index (χ3v) is 1.93. The molecule has 5 nitrogen and oxygen atoms in total. The second kappa shape index (κ2) is 5.65. The molecule has 0 aromatic carbocycles. The number of carbonyl (C=O) groups excluding carboxylic acids is 1. The Labute approximate surface area is 96.4 Å². The Bertz CT molecular complexity index is 337. The number of anilines is 1. The van der Waals surface area contributed by atoms with Crippen LogP contribution in [0.5, 0.6) is 0 Å². The van der Waals surface area contributed by atoms with Crippen LogP contribution < -0.4 is 5.32 Å². The van der Waals surface area contributed by atoms with Crippen LogP contribution >= 0.6 is 15.9 Å². The van der Waals surface area contributed by atoms with Gasteiger partial charge in [-0.25, -0.2) is 9.97 Å². The van der Waals surface area contributed by atoms with E-state index < -0.39 is 0 Å². The highest BCUT2D eigenvalue weighted by Gasteiger charge is 2.03. The zero-order chi connectivity index (χ0) is 11.3. The van der Waals surface area contributed by atoms with Crippen LogP contribution in [0.4, 0.5) is 5.82 Å². The number of aromatic nitrogens is 2. The lowest BCUT2D eigenvalue weighted by Crippen LogP contribution is -2.17. The molecule has 0 unspecified atom stereocenters. The first-order chi connectivity index (χ1) is 7.11. The lowest BCUT2D eigenvalue weighted by Gasteiger charge is -2.05. The van der Waals surface area contributed by atoms with Gasteiger partial charge in [0.2, 0.25) is 0 Å². The SMILES string of the molecule is CCOC(=O)CNc1cc(Br)nc(C)n1. The third kappa shape index (κ3) is 4.24. The van der Waals surface area contributed by atoms with E-state index in [9.17, 15) is 4.79 Å². The van der Waals surface area contributed by atoms with E-state index in [1.54, 1.807) is 19.9 Å². The van der Waals surface area contributed by atoms with Crippen molar-refractivity contribution in [3.63, 3.8) is 0 Å². The van der Waals surface area contributed by atoms with E-state index in [0.717, 1.165) is 0 Å². The van der Waals surface area contributed by atoms with E-state index in [4.69, 9.17) is 4.74 Å². The Morgan fingerprint density at radius 1 is 1.60 bits per heavy atom. The highest BCUT2D eigenvalue weighted by Crippen LogP contribution is 2.11. The second-order valence-electron chi connectivity index (χ2n) is 2.78. The van der Waals surface area contributed by atoms with Crippen molar-refractivity contribution in [2.24, 2.45) is 0 Å². The molecule has 0 saturated carbocycles. The topological polar surface area (TPSA) is 64.1 Å². The van der Waals surface area contributed by atoms with Gasteiger partial charge in [-0.3, -0.25) is 4.79 Å². The van der Waals surface area contributed by atoms with E-state index in [1.807, 2.05) is 0 Å². The Morgan fingerprint density at radius 3 is 2.93 bits per heavy atom. The molecule has 1 aromatic heterocycles. The minimum atomic E-state index is -0.301. The molecule has 0 saturated heterocycles. The first-order valence-electron chi connectivity index (χ1n) is 4.52. The second-order valence-corrected chi connectivity index (χ2v) is 3.59. The summed E-state index contributed by atoms with van der Waals surface area (Å²) in [7, 11) is 0. The van der Waals surface area contributed by atoms with Crippen LogP contribution in [0.3, 0.4) is 0 Å². The number of ether oxygens (including phenoxy) is 1. The Kier molecular flexibility index (Phi) is 4.48.